The van der Waals surface area contributed by atoms with Crippen molar-refractivity contribution in [1.29, 1.82) is 0 Å². The first-order chi connectivity index (χ1) is 20.4. The van der Waals surface area contributed by atoms with Crippen molar-refractivity contribution in [2.45, 2.75) is 169 Å². The summed E-state index contributed by atoms with van der Waals surface area (Å²) in [5.41, 5.74) is 0.0618. The molecule has 252 valence electrons. The number of rotatable bonds is 9. The van der Waals surface area contributed by atoms with Gasteiger partial charge < -0.3 is 14.7 Å². The molecule has 1 aromatic rings. The molecule has 0 saturated carbocycles. The standard InChI is InChI=1S/C22H35NO3.C14H27NO3/c1-8-21(6)15-20(25-18(5)24)16(3)22(7,9-2)23(21)26-17(4)19-13-11-10-12-14-19;1-7-13(5)9-12(18-11(4)16)10(3)14(6,8-2)15(13)17/h10-14,16-17,20H,8-9,15H2,1-7H3;10,12,17H,7-9H2,1-6H3. The third-order valence-electron chi connectivity index (χ3n) is 11.4. The molecule has 8 heteroatoms. The fourth-order valence-electron chi connectivity index (χ4n) is 7.23. The van der Waals surface area contributed by atoms with E-state index in [4.69, 9.17) is 14.3 Å². The van der Waals surface area contributed by atoms with Gasteiger partial charge in [0.05, 0.1) is 0 Å². The molecular formula is C36H62N2O6. The van der Waals surface area contributed by atoms with Crippen LogP contribution in [0.4, 0.5) is 0 Å². The lowest BCUT2D eigenvalue weighted by atomic mass is 9.69. The van der Waals surface area contributed by atoms with Gasteiger partial charge >= 0.3 is 11.9 Å². The number of hydrogen-bond donors (Lipinski definition) is 1. The number of nitrogens with zero attached hydrogens (tertiary/aromatic N) is 2. The summed E-state index contributed by atoms with van der Waals surface area (Å²) in [6.45, 7) is 26.3. The lowest BCUT2D eigenvalue weighted by Gasteiger charge is -2.59. The fourth-order valence-corrected chi connectivity index (χ4v) is 7.23. The summed E-state index contributed by atoms with van der Waals surface area (Å²) in [6.07, 6.45) is 4.69. The summed E-state index contributed by atoms with van der Waals surface area (Å²) in [5.74, 6) is -0.157. The summed E-state index contributed by atoms with van der Waals surface area (Å²) in [7, 11) is 0. The minimum absolute atomic E-state index is 0.0366. The molecule has 1 N–H and O–H groups in total. The lowest BCUT2D eigenvalue weighted by Crippen LogP contribution is -2.68. The molecule has 0 amide bonds. The lowest BCUT2D eigenvalue weighted by molar-refractivity contribution is -0.336. The van der Waals surface area contributed by atoms with E-state index in [2.05, 4.69) is 79.5 Å². The number of carbonyl (C=O) groups is 2. The highest BCUT2D eigenvalue weighted by Gasteiger charge is 2.56. The van der Waals surface area contributed by atoms with E-state index in [1.807, 2.05) is 32.0 Å². The fraction of sp³-hybridized carbons (Fsp3) is 0.778. The quantitative estimate of drug-likeness (QED) is 0.277. The zero-order chi connectivity index (χ0) is 33.7. The molecule has 44 heavy (non-hydrogen) atoms. The van der Waals surface area contributed by atoms with Crippen LogP contribution in [0.5, 0.6) is 0 Å². The van der Waals surface area contributed by atoms with Crippen LogP contribution in [0.3, 0.4) is 0 Å². The molecule has 9 atom stereocenters. The van der Waals surface area contributed by atoms with Crippen LogP contribution in [-0.2, 0) is 23.9 Å². The van der Waals surface area contributed by atoms with Gasteiger partial charge in [-0.1, -0.05) is 71.9 Å². The van der Waals surface area contributed by atoms with E-state index in [1.54, 1.807) is 0 Å². The van der Waals surface area contributed by atoms with Crippen molar-refractivity contribution in [3.8, 4) is 0 Å². The van der Waals surface area contributed by atoms with Crippen molar-refractivity contribution in [2.75, 3.05) is 0 Å². The smallest absolute Gasteiger partial charge is 0.302 e. The molecule has 0 radical (unpaired) electrons. The minimum atomic E-state index is -0.358. The Kier molecular flexibility index (Phi) is 13.1. The van der Waals surface area contributed by atoms with Crippen LogP contribution in [0.1, 0.15) is 140 Å². The largest absolute Gasteiger partial charge is 0.462 e. The normalized spacial score (nSPS) is 37.0. The van der Waals surface area contributed by atoms with Gasteiger partial charge in [-0.2, -0.15) is 10.1 Å². The van der Waals surface area contributed by atoms with Gasteiger partial charge in [0.2, 0.25) is 0 Å². The van der Waals surface area contributed by atoms with E-state index in [9.17, 15) is 14.8 Å². The summed E-state index contributed by atoms with van der Waals surface area (Å²) in [4.78, 5) is 29.5. The summed E-state index contributed by atoms with van der Waals surface area (Å²) in [6, 6.07) is 10.3. The maximum atomic E-state index is 11.6. The van der Waals surface area contributed by atoms with E-state index in [0.717, 1.165) is 32.1 Å². The number of carbonyl (C=O) groups excluding carboxylic acids is 2. The molecule has 1 aromatic carbocycles. The molecule has 9 unspecified atom stereocenters. The van der Waals surface area contributed by atoms with Crippen molar-refractivity contribution >= 4 is 11.9 Å². The molecule has 2 heterocycles. The van der Waals surface area contributed by atoms with Crippen LogP contribution in [0.25, 0.3) is 0 Å². The van der Waals surface area contributed by atoms with Gasteiger partial charge in [0.1, 0.15) is 18.3 Å². The van der Waals surface area contributed by atoms with Gasteiger partial charge in [-0.15, -0.1) is 0 Å². The van der Waals surface area contributed by atoms with Crippen LogP contribution in [0.2, 0.25) is 0 Å². The van der Waals surface area contributed by atoms with E-state index < -0.39 is 0 Å². The van der Waals surface area contributed by atoms with Crippen molar-refractivity contribution in [3.05, 3.63) is 35.9 Å². The van der Waals surface area contributed by atoms with Gasteiger partial charge in [-0.3, -0.25) is 14.4 Å². The average Bonchev–Trinajstić information content (AvgIpc) is 2.99. The number of benzene rings is 1. The molecule has 0 aliphatic carbocycles. The summed E-state index contributed by atoms with van der Waals surface area (Å²) < 4.78 is 11.2. The van der Waals surface area contributed by atoms with Gasteiger partial charge in [-0.25, -0.2) is 0 Å². The highest BCUT2D eigenvalue weighted by molar-refractivity contribution is 5.66. The molecule has 2 saturated heterocycles. The van der Waals surface area contributed by atoms with Crippen molar-refractivity contribution in [1.82, 2.24) is 10.1 Å². The summed E-state index contributed by atoms with van der Waals surface area (Å²) in [5, 5.41) is 14.3. The third kappa shape index (κ3) is 7.86. The monoisotopic (exact) mass is 618 g/mol. The Morgan fingerprint density at radius 1 is 0.795 bits per heavy atom. The van der Waals surface area contributed by atoms with E-state index in [-0.39, 0.29) is 64.2 Å². The Labute approximate surface area is 267 Å². The van der Waals surface area contributed by atoms with Crippen LogP contribution in [0, 0.1) is 11.8 Å². The van der Waals surface area contributed by atoms with Gasteiger partial charge in [0, 0.05) is 60.7 Å². The van der Waals surface area contributed by atoms with Crippen LogP contribution in [0.15, 0.2) is 30.3 Å². The Bertz CT molecular complexity index is 1090. The molecule has 2 aliphatic rings. The first-order valence-corrected chi connectivity index (χ1v) is 16.7. The number of hydroxylamine groups is 4. The summed E-state index contributed by atoms with van der Waals surface area (Å²) >= 11 is 0. The van der Waals surface area contributed by atoms with Gasteiger partial charge in [0.15, 0.2) is 0 Å². The van der Waals surface area contributed by atoms with Crippen molar-refractivity contribution < 1.29 is 29.1 Å². The molecule has 0 spiro atoms. The number of ether oxygens (including phenoxy) is 2. The molecular weight excluding hydrogens is 556 g/mol. The minimum Gasteiger partial charge on any atom is -0.462 e. The Hall–Kier alpha value is -2.00. The van der Waals surface area contributed by atoms with E-state index in [1.165, 1.54) is 24.5 Å². The average molecular weight is 619 g/mol. The second kappa shape index (κ2) is 15.1. The molecule has 8 nitrogen and oxygen atoms in total. The first kappa shape index (κ1) is 38.2. The Morgan fingerprint density at radius 2 is 1.23 bits per heavy atom. The third-order valence-corrected chi connectivity index (χ3v) is 11.4. The predicted octanol–water partition coefficient (Wildman–Crippen LogP) is 8.28. The first-order valence-electron chi connectivity index (χ1n) is 16.7. The molecule has 2 fully saturated rings. The zero-order valence-corrected chi connectivity index (χ0v) is 29.9. The number of hydrogen-bond acceptors (Lipinski definition) is 8. The van der Waals surface area contributed by atoms with E-state index >= 15 is 0 Å². The second-order valence-electron chi connectivity index (χ2n) is 14.2. The van der Waals surface area contributed by atoms with Crippen molar-refractivity contribution in [2.24, 2.45) is 11.8 Å². The molecule has 0 aromatic heterocycles. The van der Waals surface area contributed by atoms with Crippen LogP contribution < -0.4 is 0 Å². The molecule has 3 rings (SSSR count). The topological polar surface area (TPSA) is 88.5 Å². The second-order valence-corrected chi connectivity index (χ2v) is 14.2. The maximum Gasteiger partial charge on any atom is 0.302 e. The molecule has 2 aliphatic heterocycles. The molecule has 0 bridgehead atoms. The van der Waals surface area contributed by atoms with E-state index in [0.29, 0.717) is 6.42 Å². The SMILES string of the molecule is CCC1(C)CC(OC(C)=O)C(C)C(C)(CC)N1O.CCC1(C)CC(OC(C)=O)C(C)C(C)(CC)N1OC(C)c1ccccc1. The predicted molar refractivity (Wildman–Crippen MR) is 175 cm³/mol. The van der Waals surface area contributed by atoms with Crippen LogP contribution in [-0.4, -0.2) is 61.6 Å². The van der Waals surface area contributed by atoms with Gasteiger partial charge in [0.25, 0.3) is 0 Å². The highest BCUT2D eigenvalue weighted by Crippen LogP contribution is 2.48. The highest BCUT2D eigenvalue weighted by atomic mass is 16.7. The Morgan fingerprint density at radius 3 is 1.64 bits per heavy atom. The number of esters is 2. The van der Waals surface area contributed by atoms with Crippen molar-refractivity contribution in [3.63, 3.8) is 0 Å². The Balaban J connectivity index is 0.000000329. The maximum absolute atomic E-state index is 11.6. The van der Waals surface area contributed by atoms with Crippen LogP contribution >= 0.6 is 0 Å². The van der Waals surface area contributed by atoms with Gasteiger partial charge in [-0.05, 0) is 65.9 Å². The zero-order valence-electron chi connectivity index (χ0n) is 29.9. The number of piperidine rings is 2.